The van der Waals surface area contributed by atoms with Gasteiger partial charge in [0.15, 0.2) is 0 Å². The van der Waals surface area contributed by atoms with Gasteiger partial charge >= 0.3 is 0 Å². The van der Waals surface area contributed by atoms with E-state index in [0.29, 0.717) is 23.5 Å². The van der Waals surface area contributed by atoms with Crippen molar-refractivity contribution in [2.75, 3.05) is 12.5 Å². The van der Waals surface area contributed by atoms with E-state index in [-0.39, 0.29) is 5.69 Å². The highest BCUT2D eigenvalue weighted by Gasteiger charge is 2.13. The number of hydrogen-bond acceptors (Lipinski definition) is 4. The van der Waals surface area contributed by atoms with Crippen LogP contribution in [0.4, 0.5) is 5.69 Å². The van der Waals surface area contributed by atoms with Gasteiger partial charge in [0.1, 0.15) is 5.75 Å². The molecule has 1 rings (SSSR count). The lowest BCUT2D eigenvalue weighted by Crippen LogP contribution is -1.98. The van der Waals surface area contributed by atoms with Crippen LogP contribution >= 0.6 is 23.4 Å². The molecule has 0 heterocycles. The Morgan fingerprint density at radius 1 is 1.50 bits per heavy atom. The first-order chi connectivity index (χ1) is 8.56. The van der Waals surface area contributed by atoms with E-state index in [0.717, 1.165) is 11.3 Å². The molecule has 0 saturated heterocycles. The van der Waals surface area contributed by atoms with E-state index in [4.69, 9.17) is 16.3 Å². The van der Waals surface area contributed by atoms with E-state index in [1.54, 1.807) is 17.8 Å². The molecular formula is C12H16ClNO3S. The fraction of sp³-hybridized carbons (Fsp3) is 0.500. The van der Waals surface area contributed by atoms with Crippen molar-refractivity contribution in [1.29, 1.82) is 0 Å². The van der Waals surface area contributed by atoms with Crippen molar-refractivity contribution in [2.45, 2.75) is 30.4 Å². The predicted octanol–water partition coefficient (Wildman–Crippen LogP) is 4.10. The number of nitrogens with zero attached hydrogens (tertiary/aromatic N) is 1. The van der Waals surface area contributed by atoms with Crippen LogP contribution in [0.25, 0.3) is 0 Å². The van der Waals surface area contributed by atoms with Crippen molar-refractivity contribution < 1.29 is 9.66 Å². The molecular weight excluding hydrogens is 274 g/mol. The largest absolute Gasteiger partial charge is 0.494 e. The minimum absolute atomic E-state index is 0.0570. The molecule has 0 N–H and O–H groups in total. The second-order valence-electron chi connectivity index (χ2n) is 3.76. The monoisotopic (exact) mass is 289 g/mol. The summed E-state index contributed by atoms with van der Waals surface area (Å²) in [6.45, 7) is 4.39. The minimum Gasteiger partial charge on any atom is -0.494 e. The molecule has 1 unspecified atom stereocenters. The van der Waals surface area contributed by atoms with Crippen molar-refractivity contribution in [1.82, 2.24) is 0 Å². The summed E-state index contributed by atoms with van der Waals surface area (Å²) >= 11 is 7.25. The van der Waals surface area contributed by atoms with Crippen LogP contribution in [-0.4, -0.2) is 22.7 Å². The van der Waals surface area contributed by atoms with E-state index < -0.39 is 4.92 Å². The average Bonchev–Trinajstić information content (AvgIpc) is 2.29. The molecule has 4 nitrogen and oxygen atoms in total. The van der Waals surface area contributed by atoms with Crippen molar-refractivity contribution in [3.05, 3.63) is 28.3 Å². The summed E-state index contributed by atoms with van der Waals surface area (Å²) in [5, 5.41) is 11.2. The number of thioether (sulfide) groups is 1. The fourth-order valence-corrected chi connectivity index (χ4v) is 2.96. The maximum atomic E-state index is 10.8. The van der Waals surface area contributed by atoms with Gasteiger partial charge in [-0.3, -0.25) is 10.1 Å². The third-order valence-electron chi connectivity index (χ3n) is 2.24. The Kier molecular flexibility index (Phi) is 6.29. The zero-order valence-corrected chi connectivity index (χ0v) is 12.0. The Morgan fingerprint density at radius 2 is 2.22 bits per heavy atom. The van der Waals surface area contributed by atoms with Crippen molar-refractivity contribution in [2.24, 2.45) is 0 Å². The number of non-ortho nitro benzene ring substituents is 1. The Labute approximate surface area is 116 Å². The normalized spacial score (nSPS) is 12.2. The van der Waals surface area contributed by atoms with E-state index in [1.165, 1.54) is 6.07 Å². The summed E-state index contributed by atoms with van der Waals surface area (Å²) in [6, 6.07) is 4.84. The second kappa shape index (κ2) is 7.48. The molecule has 1 aromatic carbocycles. The predicted molar refractivity (Wildman–Crippen MR) is 74.9 cm³/mol. The first kappa shape index (κ1) is 15.1. The molecule has 0 saturated carbocycles. The van der Waals surface area contributed by atoms with E-state index >= 15 is 0 Å². The van der Waals surface area contributed by atoms with Crippen LogP contribution in [-0.2, 0) is 0 Å². The van der Waals surface area contributed by atoms with Gasteiger partial charge in [0.25, 0.3) is 5.69 Å². The number of halogens is 1. The molecule has 0 bridgehead atoms. The number of hydrogen-bond donors (Lipinski definition) is 0. The van der Waals surface area contributed by atoms with Gasteiger partial charge in [-0.15, -0.1) is 23.4 Å². The summed E-state index contributed by atoms with van der Waals surface area (Å²) < 4.78 is 5.34. The first-order valence-electron chi connectivity index (χ1n) is 5.71. The number of ether oxygens (including phenoxy) is 1. The number of rotatable bonds is 7. The molecule has 0 amide bonds. The molecule has 1 atom stereocenters. The molecule has 0 aliphatic carbocycles. The smallest absolute Gasteiger partial charge is 0.274 e. The highest BCUT2D eigenvalue weighted by atomic mass is 35.5. The molecule has 0 fully saturated rings. The number of nitro groups is 1. The Balaban J connectivity index is 2.91. The number of nitro benzene ring substituents is 1. The Hall–Kier alpha value is -0.940. The maximum Gasteiger partial charge on any atom is 0.274 e. The van der Waals surface area contributed by atoms with E-state index in [2.05, 4.69) is 0 Å². The molecule has 6 heteroatoms. The molecule has 100 valence electrons. The second-order valence-corrected chi connectivity index (χ2v) is 5.65. The summed E-state index contributed by atoms with van der Waals surface area (Å²) in [7, 11) is 0. The molecule has 0 spiro atoms. The summed E-state index contributed by atoms with van der Waals surface area (Å²) in [5.41, 5.74) is 0.0570. The fourth-order valence-electron chi connectivity index (χ4n) is 1.43. The van der Waals surface area contributed by atoms with Gasteiger partial charge in [0, 0.05) is 22.1 Å². The Morgan fingerprint density at radius 3 is 2.78 bits per heavy atom. The van der Waals surface area contributed by atoms with Crippen LogP contribution in [0.1, 0.15) is 20.3 Å². The maximum absolute atomic E-state index is 10.8. The standard InChI is InChI=1S/C12H16ClNO3S/c1-3-17-11-6-10(14(15)16)7-12(8-11)18-9(2)4-5-13/h6-9H,3-5H2,1-2H3. The van der Waals surface area contributed by atoms with Crippen molar-refractivity contribution in [3.8, 4) is 5.75 Å². The number of benzene rings is 1. The van der Waals surface area contributed by atoms with Gasteiger partial charge < -0.3 is 4.74 Å². The zero-order valence-electron chi connectivity index (χ0n) is 10.4. The van der Waals surface area contributed by atoms with Gasteiger partial charge in [-0.2, -0.15) is 0 Å². The summed E-state index contributed by atoms with van der Waals surface area (Å²) in [6.07, 6.45) is 0.860. The van der Waals surface area contributed by atoms with E-state index in [9.17, 15) is 10.1 Å². The lowest BCUT2D eigenvalue weighted by Gasteiger charge is -2.10. The molecule has 0 aliphatic rings. The summed E-state index contributed by atoms with van der Waals surface area (Å²) in [4.78, 5) is 11.3. The average molecular weight is 290 g/mol. The summed E-state index contributed by atoms with van der Waals surface area (Å²) in [5.74, 6) is 1.12. The molecule has 0 radical (unpaired) electrons. The van der Waals surface area contributed by atoms with Crippen LogP contribution < -0.4 is 4.74 Å². The molecule has 18 heavy (non-hydrogen) atoms. The highest BCUT2D eigenvalue weighted by Crippen LogP contribution is 2.32. The molecule has 1 aromatic rings. The van der Waals surface area contributed by atoms with Crippen molar-refractivity contribution in [3.63, 3.8) is 0 Å². The third kappa shape index (κ3) is 4.74. The van der Waals surface area contributed by atoms with E-state index in [1.807, 2.05) is 19.9 Å². The molecule has 0 aliphatic heterocycles. The van der Waals surface area contributed by atoms with Crippen LogP contribution in [0.5, 0.6) is 5.75 Å². The topological polar surface area (TPSA) is 52.4 Å². The van der Waals surface area contributed by atoms with Gasteiger partial charge in [-0.25, -0.2) is 0 Å². The van der Waals surface area contributed by atoms with Gasteiger partial charge in [-0.1, -0.05) is 6.92 Å². The quantitative estimate of drug-likeness (QED) is 0.328. The van der Waals surface area contributed by atoms with Gasteiger partial charge in [0.05, 0.1) is 17.6 Å². The van der Waals surface area contributed by atoms with Crippen LogP contribution in [0, 0.1) is 10.1 Å². The SMILES string of the molecule is CCOc1cc(SC(C)CCCl)cc([N+](=O)[O-])c1. The zero-order chi connectivity index (χ0) is 13.5. The third-order valence-corrected chi connectivity index (χ3v) is 3.60. The van der Waals surface area contributed by atoms with Gasteiger partial charge in [0.2, 0.25) is 0 Å². The lowest BCUT2D eigenvalue weighted by atomic mass is 10.3. The first-order valence-corrected chi connectivity index (χ1v) is 7.13. The molecule has 0 aromatic heterocycles. The van der Waals surface area contributed by atoms with Crippen LogP contribution in [0.3, 0.4) is 0 Å². The Bertz CT molecular complexity index is 414. The van der Waals surface area contributed by atoms with Crippen molar-refractivity contribution >= 4 is 29.1 Å². The van der Waals surface area contributed by atoms with Gasteiger partial charge in [-0.05, 0) is 19.4 Å². The van der Waals surface area contributed by atoms with Crippen LogP contribution in [0.2, 0.25) is 0 Å². The van der Waals surface area contributed by atoms with Crippen LogP contribution in [0.15, 0.2) is 23.1 Å². The lowest BCUT2D eigenvalue weighted by molar-refractivity contribution is -0.385. The minimum atomic E-state index is -0.404. The number of alkyl halides is 1. The highest BCUT2D eigenvalue weighted by molar-refractivity contribution is 8.00.